The zero-order valence-electron chi connectivity index (χ0n) is 13.0. The summed E-state index contributed by atoms with van der Waals surface area (Å²) in [7, 11) is 1.35. The highest BCUT2D eigenvalue weighted by Crippen LogP contribution is 2.14. The van der Waals surface area contributed by atoms with Gasteiger partial charge in [-0.15, -0.1) is 0 Å². The quantitative estimate of drug-likeness (QED) is 0.642. The van der Waals surface area contributed by atoms with E-state index in [9.17, 15) is 8.42 Å². The Morgan fingerprint density at radius 1 is 1.38 bits per heavy atom. The van der Waals surface area contributed by atoms with Crippen LogP contribution in [-0.4, -0.2) is 53.5 Å². The molecule has 0 aliphatic rings. The molecule has 1 heterocycles. The molecule has 1 atom stereocenters. The summed E-state index contributed by atoms with van der Waals surface area (Å²) < 4.78 is 39.2. The molecule has 0 amide bonds. The van der Waals surface area contributed by atoms with Crippen LogP contribution in [-0.2, 0) is 32.6 Å². The number of nitrogens with zero attached hydrogens (tertiary/aromatic N) is 1. The molecule has 2 N–H and O–H groups in total. The summed E-state index contributed by atoms with van der Waals surface area (Å²) in [5, 5.41) is 3.03. The smallest absolute Gasteiger partial charge is 0.242 e. The summed E-state index contributed by atoms with van der Waals surface area (Å²) in [6.07, 6.45) is 1.34. The Morgan fingerprint density at radius 2 is 2.10 bits per heavy atom. The van der Waals surface area contributed by atoms with E-state index in [2.05, 4.69) is 10.0 Å². The Morgan fingerprint density at radius 3 is 2.62 bits per heavy atom. The Bertz CT molecular complexity index is 528. The van der Waals surface area contributed by atoms with Crippen molar-refractivity contribution in [2.45, 2.75) is 31.0 Å². The Kier molecular flexibility index (Phi) is 7.33. The van der Waals surface area contributed by atoms with E-state index in [1.807, 2.05) is 18.5 Å². The van der Waals surface area contributed by atoms with E-state index in [1.165, 1.54) is 7.11 Å². The highest BCUT2D eigenvalue weighted by molar-refractivity contribution is 7.89. The molecule has 0 radical (unpaired) electrons. The van der Waals surface area contributed by atoms with E-state index >= 15 is 0 Å². The van der Waals surface area contributed by atoms with Crippen molar-refractivity contribution in [3.8, 4) is 0 Å². The first-order chi connectivity index (χ1) is 9.98. The van der Waals surface area contributed by atoms with Crippen molar-refractivity contribution >= 4 is 10.0 Å². The van der Waals surface area contributed by atoms with Crippen LogP contribution >= 0.6 is 0 Å². The molecule has 0 aromatic carbocycles. The molecule has 1 rings (SSSR count). The molecule has 0 aliphatic heterocycles. The second-order valence-corrected chi connectivity index (χ2v) is 6.42. The van der Waals surface area contributed by atoms with E-state index in [4.69, 9.17) is 9.47 Å². The van der Waals surface area contributed by atoms with Crippen molar-refractivity contribution < 1.29 is 17.9 Å². The van der Waals surface area contributed by atoms with Gasteiger partial charge in [-0.05, 0) is 20.0 Å². The maximum Gasteiger partial charge on any atom is 0.242 e. The van der Waals surface area contributed by atoms with Gasteiger partial charge in [-0.1, -0.05) is 0 Å². The van der Waals surface area contributed by atoms with Gasteiger partial charge in [0.25, 0.3) is 0 Å². The number of ether oxygens (including phenoxy) is 2. The first-order valence-corrected chi connectivity index (χ1v) is 8.31. The Labute approximate surface area is 126 Å². The highest BCUT2D eigenvalue weighted by Gasteiger charge is 2.19. The van der Waals surface area contributed by atoms with Gasteiger partial charge in [-0.2, -0.15) is 0 Å². The molecule has 7 nitrogen and oxygen atoms in total. The lowest BCUT2D eigenvalue weighted by molar-refractivity contribution is 0.0320. The predicted octanol–water partition coefficient (Wildman–Crippen LogP) is 0.167. The van der Waals surface area contributed by atoms with Gasteiger partial charge in [-0.3, -0.25) is 0 Å². The minimum absolute atomic E-state index is 0.172. The van der Waals surface area contributed by atoms with Crippen molar-refractivity contribution in [1.82, 2.24) is 14.6 Å². The fourth-order valence-electron chi connectivity index (χ4n) is 1.98. The molecular formula is C13H25N3O4S. The summed E-state index contributed by atoms with van der Waals surface area (Å²) in [6.45, 7) is 3.82. The van der Waals surface area contributed by atoms with Crippen LogP contribution in [0.5, 0.6) is 0 Å². The number of methoxy groups -OCH3 is 2. The van der Waals surface area contributed by atoms with Crippen LogP contribution < -0.4 is 10.0 Å². The van der Waals surface area contributed by atoms with E-state index in [0.717, 1.165) is 12.2 Å². The van der Waals surface area contributed by atoms with Gasteiger partial charge >= 0.3 is 0 Å². The first kappa shape index (κ1) is 18.1. The molecule has 0 fully saturated rings. The number of hydrogen-bond donors (Lipinski definition) is 2. The molecule has 0 bridgehead atoms. The molecule has 21 heavy (non-hydrogen) atoms. The van der Waals surface area contributed by atoms with E-state index in [0.29, 0.717) is 13.2 Å². The lowest BCUT2D eigenvalue weighted by Crippen LogP contribution is -2.35. The van der Waals surface area contributed by atoms with Crippen molar-refractivity contribution in [2.75, 3.05) is 34.4 Å². The lowest BCUT2D eigenvalue weighted by atomic mass is 10.4. The van der Waals surface area contributed by atoms with Gasteiger partial charge in [0.05, 0.1) is 17.6 Å². The van der Waals surface area contributed by atoms with Gasteiger partial charge in [0.15, 0.2) is 0 Å². The molecule has 1 unspecified atom stereocenters. The molecule has 1 aromatic heterocycles. The van der Waals surface area contributed by atoms with Crippen LogP contribution in [0.15, 0.2) is 17.2 Å². The average molecular weight is 319 g/mol. The Hall–Kier alpha value is -0.930. The summed E-state index contributed by atoms with van der Waals surface area (Å²) >= 11 is 0. The fourth-order valence-corrected chi connectivity index (χ4v) is 3.11. The number of rotatable bonds is 10. The van der Waals surface area contributed by atoms with Crippen molar-refractivity contribution in [2.24, 2.45) is 0 Å². The highest BCUT2D eigenvalue weighted by atomic mass is 32.2. The first-order valence-electron chi connectivity index (χ1n) is 6.83. The number of aryl methyl sites for hydroxylation is 1. The summed E-state index contributed by atoms with van der Waals surface area (Å²) in [4.78, 5) is 0.266. The number of aromatic nitrogens is 1. The summed E-state index contributed by atoms with van der Waals surface area (Å²) in [5.41, 5.74) is 0.931. The topological polar surface area (TPSA) is 81.6 Å². The zero-order valence-corrected chi connectivity index (χ0v) is 13.9. The average Bonchev–Trinajstić information content (AvgIpc) is 2.88. The standard InChI is InChI=1S/C13H25N3O4S/c1-5-16-9-13(6-11(16)7-14-2)21(17,18)15-8-12(20-4)10-19-3/h6,9,12,14-15H,5,7-8,10H2,1-4H3. The van der Waals surface area contributed by atoms with Gasteiger partial charge < -0.3 is 19.4 Å². The van der Waals surface area contributed by atoms with E-state index in [1.54, 1.807) is 19.4 Å². The third-order valence-electron chi connectivity index (χ3n) is 3.16. The number of sulfonamides is 1. The van der Waals surface area contributed by atoms with Crippen LogP contribution in [0.2, 0.25) is 0 Å². The van der Waals surface area contributed by atoms with Crippen LogP contribution in [0.25, 0.3) is 0 Å². The maximum atomic E-state index is 12.3. The second-order valence-electron chi connectivity index (χ2n) is 4.65. The fraction of sp³-hybridized carbons (Fsp3) is 0.692. The van der Waals surface area contributed by atoms with E-state index < -0.39 is 10.0 Å². The van der Waals surface area contributed by atoms with Gasteiger partial charge in [0, 0.05) is 45.7 Å². The van der Waals surface area contributed by atoms with Crippen molar-refractivity contribution in [1.29, 1.82) is 0 Å². The van der Waals surface area contributed by atoms with E-state index in [-0.39, 0.29) is 17.5 Å². The molecule has 0 spiro atoms. The predicted molar refractivity (Wildman–Crippen MR) is 80.7 cm³/mol. The number of hydrogen-bond acceptors (Lipinski definition) is 5. The zero-order chi connectivity index (χ0) is 15.9. The maximum absolute atomic E-state index is 12.3. The minimum Gasteiger partial charge on any atom is -0.382 e. The summed E-state index contributed by atoms with van der Waals surface area (Å²) in [5.74, 6) is 0. The molecule has 8 heteroatoms. The van der Waals surface area contributed by atoms with Crippen molar-refractivity contribution in [3.63, 3.8) is 0 Å². The third-order valence-corrected chi connectivity index (χ3v) is 4.55. The van der Waals surface area contributed by atoms with Crippen LogP contribution in [0.3, 0.4) is 0 Å². The normalized spacial score (nSPS) is 13.5. The van der Waals surface area contributed by atoms with Gasteiger partial charge in [0.1, 0.15) is 0 Å². The molecule has 0 saturated heterocycles. The van der Waals surface area contributed by atoms with Crippen LogP contribution in [0.4, 0.5) is 0 Å². The largest absolute Gasteiger partial charge is 0.382 e. The lowest BCUT2D eigenvalue weighted by Gasteiger charge is -2.14. The second kappa shape index (κ2) is 8.50. The molecule has 0 aliphatic carbocycles. The van der Waals surface area contributed by atoms with Crippen molar-refractivity contribution in [3.05, 3.63) is 18.0 Å². The van der Waals surface area contributed by atoms with Gasteiger partial charge in [-0.25, -0.2) is 13.1 Å². The number of nitrogens with one attached hydrogen (secondary N) is 2. The monoisotopic (exact) mass is 319 g/mol. The van der Waals surface area contributed by atoms with Gasteiger partial charge in [0.2, 0.25) is 10.0 Å². The third kappa shape index (κ3) is 5.08. The SMILES string of the molecule is CCn1cc(S(=O)(=O)NCC(COC)OC)cc1CNC. The minimum atomic E-state index is -3.55. The molecular weight excluding hydrogens is 294 g/mol. The van der Waals surface area contributed by atoms with Crippen LogP contribution in [0, 0.1) is 0 Å². The molecule has 122 valence electrons. The van der Waals surface area contributed by atoms with Crippen LogP contribution in [0.1, 0.15) is 12.6 Å². The summed E-state index contributed by atoms with van der Waals surface area (Å²) in [6, 6.07) is 1.68. The Balaban J connectivity index is 2.82. The molecule has 0 saturated carbocycles. The molecule has 1 aromatic rings.